The molecule has 0 radical (unpaired) electrons. The number of nitrogens with zero attached hydrogens (tertiary/aromatic N) is 4. The number of imidazole rings is 1. The van der Waals surface area contributed by atoms with Gasteiger partial charge in [0.25, 0.3) is 0 Å². The van der Waals surface area contributed by atoms with Crippen molar-refractivity contribution < 1.29 is 0 Å². The fraction of sp³-hybridized carbons (Fsp3) is 0.455. The van der Waals surface area contributed by atoms with Crippen molar-refractivity contribution in [3.8, 4) is 0 Å². The Kier molecular flexibility index (Phi) is 3.32. The molecule has 0 aliphatic rings. The van der Waals surface area contributed by atoms with Crippen molar-refractivity contribution in [3.05, 3.63) is 29.1 Å². The van der Waals surface area contributed by atoms with E-state index in [1.807, 2.05) is 20.0 Å². The van der Waals surface area contributed by atoms with Crippen molar-refractivity contribution in [1.82, 2.24) is 25.1 Å². The summed E-state index contributed by atoms with van der Waals surface area (Å²) in [6.07, 6.45) is 2.72. The molecule has 0 unspecified atom stereocenters. The minimum Gasteiger partial charge on any atom is -0.347 e. The highest BCUT2D eigenvalue weighted by molar-refractivity contribution is 5.25. The van der Waals surface area contributed by atoms with Gasteiger partial charge in [-0.1, -0.05) is 6.92 Å². The average Bonchev–Trinajstić information content (AvgIpc) is 2.79. The number of nitrogens with one attached hydrogen (secondary N) is 2. The molecule has 2 aromatic heterocycles. The van der Waals surface area contributed by atoms with E-state index in [0.29, 0.717) is 12.5 Å². The number of rotatable bonds is 4. The number of hydrogen-bond acceptors (Lipinski definition) is 5. The third-order valence-corrected chi connectivity index (χ3v) is 2.54. The smallest absolute Gasteiger partial charge is 0.243 e. The molecule has 0 saturated carbocycles. The zero-order valence-electron chi connectivity index (χ0n) is 10.3. The van der Waals surface area contributed by atoms with Crippen molar-refractivity contribution in [1.29, 1.82) is 0 Å². The molecule has 2 aromatic rings. The molecular formula is C11H16N6. The summed E-state index contributed by atoms with van der Waals surface area (Å²) in [6.45, 7) is 6.49. The Bertz CT molecular complexity index is 504. The summed E-state index contributed by atoms with van der Waals surface area (Å²) in [7, 11) is 0. The first-order valence-corrected chi connectivity index (χ1v) is 5.63. The van der Waals surface area contributed by atoms with Gasteiger partial charge in [0.2, 0.25) is 5.95 Å². The van der Waals surface area contributed by atoms with E-state index in [1.54, 1.807) is 0 Å². The van der Waals surface area contributed by atoms with E-state index < -0.39 is 0 Å². The maximum atomic E-state index is 4.30. The average molecular weight is 232 g/mol. The van der Waals surface area contributed by atoms with E-state index in [4.69, 9.17) is 0 Å². The van der Waals surface area contributed by atoms with Crippen LogP contribution in [0.15, 0.2) is 6.20 Å². The monoisotopic (exact) mass is 232 g/mol. The summed E-state index contributed by atoms with van der Waals surface area (Å²) in [4.78, 5) is 11.7. The Morgan fingerprint density at radius 1 is 1.24 bits per heavy atom. The van der Waals surface area contributed by atoms with Crippen LogP contribution in [-0.2, 0) is 13.0 Å². The maximum absolute atomic E-state index is 4.30. The van der Waals surface area contributed by atoms with Gasteiger partial charge in [0.1, 0.15) is 5.82 Å². The molecule has 0 aromatic carbocycles. The summed E-state index contributed by atoms with van der Waals surface area (Å²) >= 11 is 0. The fourth-order valence-electron chi connectivity index (χ4n) is 1.38. The van der Waals surface area contributed by atoms with Crippen molar-refractivity contribution >= 4 is 5.95 Å². The molecule has 0 spiro atoms. The zero-order valence-corrected chi connectivity index (χ0v) is 10.3. The van der Waals surface area contributed by atoms with Gasteiger partial charge in [0.15, 0.2) is 0 Å². The lowest BCUT2D eigenvalue weighted by Gasteiger charge is -2.03. The van der Waals surface area contributed by atoms with Gasteiger partial charge in [-0.25, -0.2) is 9.97 Å². The second-order valence-electron chi connectivity index (χ2n) is 3.87. The number of aromatic amines is 1. The summed E-state index contributed by atoms with van der Waals surface area (Å²) in [6, 6.07) is 0. The van der Waals surface area contributed by atoms with Crippen LogP contribution in [0.1, 0.15) is 29.8 Å². The van der Waals surface area contributed by atoms with Gasteiger partial charge in [-0.2, -0.15) is 5.10 Å². The summed E-state index contributed by atoms with van der Waals surface area (Å²) in [5.74, 6) is 1.53. The van der Waals surface area contributed by atoms with Crippen LogP contribution in [0.25, 0.3) is 0 Å². The molecule has 2 heterocycles. The summed E-state index contributed by atoms with van der Waals surface area (Å²) < 4.78 is 0. The van der Waals surface area contributed by atoms with Gasteiger partial charge in [0, 0.05) is 6.42 Å². The lowest BCUT2D eigenvalue weighted by Crippen LogP contribution is -2.07. The van der Waals surface area contributed by atoms with E-state index in [1.165, 1.54) is 0 Å². The topological polar surface area (TPSA) is 79.4 Å². The van der Waals surface area contributed by atoms with E-state index in [9.17, 15) is 0 Å². The first-order valence-electron chi connectivity index (χ1n) is 5.63. The summed E-state index contributed by atoms with van der Waals surface area (Å²) in [5, 5.41) is 11.1. The van der Waals surface area contributed by atoms with E-state index in [2.05, 4.69) is 37.4 Å². The Balaban J connectivity index is 1.99. The molecule has 2 rings (SSSR count). The van der Waals surface area contributed by atoms with Crippen LogP contribution in [0.5, 0.6) is 0 Å². The quantitative estimate of drug-likeness (QED) is 0.832. The van der Waals surface area contributed by atoms with Crippen LogP contribution in [-0.4, -0.2) is 25.1 Å². The van der Waals surface area contributed by atoms with Crippen LogP contribution in [0, 0.1) is 13.8 Å². The lowest BCUT2D eigenvalue weighted by atomic mass is 10.4. The Labute approximate surface area is 99.9 Å². The molecular weight excluding hydrogens is 216 g/mol. The molecule has 0 aliphatic heterocycles. The van der Waals surface area contributed by atoms with E-state index in [-0.39, 0.29) is 0 Å². The molecule has 0 aliphatic carbocycles. The van der Waals surface area contributed by atoms with Crippen LogP contribution in [0.3, 0.4) is 0 Å². The number of H-pyrrole nitrogens is 1. The molecule has 90 valence electrons. The SMILES string of the molecule is CCc1ncc(CNc2nnc(C)c(C)n2)[nH]1. The van der Waals surface area contributed by atoms with Gasteiger partial charge in [-0.3, -0.25) is 0 Å². The van der Waals surface area contributed by atoms with Gasteiger partial charge < -0.3 is 10.3 Å². The number of hydrogen-bond donors (Lipinski definition) is 2. The van der Waals surface area contributed by atoms with Gasteiger partial charge >= 0.3 is 0 Å². The molecule has 17 heavy (non-hydrogen) atoms. The number of aryl methyl sites for hydroxylation is 3. The van der Waals surface area contributed by atoms with Gasteiger partial charge in [0.05, 0.1) is 29.8 Å². The van der Waals surface area contributed by atoms with Gasteiger partial charge in [-0.15, -0.1) is 5.10 Å². The lowest BCUT2D eigenvalue weighted by molar-refractivity contribution is 0.879. The number of anilines is 1. The first-order chi connectivity index (χ1) is 8.19. The Hall–Kier alpha value is -1.98. The normalized spacial score (nSPS) is 10.5. The number of aromatic nitrogens is 5. The summed E-state index contributed by atoms with van der Waals surface area (Å²) in [5.41, 5.74) is 2.76. The van der Waals surface area contributed by atoms with Crippen LogP contribution in [0.4, 0.5) is 5.95 Å². The molecule has 0 amide bonds. The van der Waals surface area contributed by atoms with Crippen LogP contribution >= 0.6 is 0 Å². The maximum Gasteiger partial charge on any atom is 0.243 e. The molecule has 6 heteroatoms. The Morgan fingerprint density at radius 2 is 2.06 bits per heavy atom. The predicted molar refractivity (Wildman–Crippen MR) is 64.6 cm³/mol. The highest BCUT2D eigenvalue weighted by Crippen LogP contribution is 2.04. The van der Waals surface area contributed by atoms with Gasteiger partial charge in [-0.05, 0) is 13.8 Å². The Morgan fingerprint density at radius 3 is 2.71 bits per heavy atom. The van der Waals surface area contributed by atoms with Crippen LogP contribution < -0.4 is 5.32 Å². The van der Waals surface area contributed by atoms with Crippen molar-refractivity contribution in [2.24, 2.45) is 0 Å². The van der Waals surface area contributed by atoms with Crippen molar-refractivity contribution in [2.75, 3.05) is 5.32 Å². The minimum absolute atomic E-state index is 0.542. The first kappa shape index (κ1) is 11.5. The molecule has 0 saturated heterocycles. The van der Waals surface area contributed by atoms with Crippen molar-refractivity contribution in [2.45, 2.75) is 33.7 Å². The molecule has 2 N–H and O–H groups in total. The van der Waals surface area contributed by atoms with Crippen molar-refractivity contribution in [3.63, 3.8) is 0 Å². The third-order valence-electron chi connectivity index (χ3n) is 2.54. The molecule has 6 nitrogen and oxygen atoms in total. The second-order valence-corrected chi connectivity index (χ2v) is 3.87. The second kappa shape index (κ2) is 4.90. The largest absolute Gasteiger partial charge is 0.347 e. The van der Waals surface area contributed by atoms with E-state index >= 15 is 0 Å². The zero-order chi connectivity index (χ0) is 12.3. The van der Waals surface area contributed by atoms with E-state index in [0.717, 1.165) is 29.3 Å². The molecule has 0 atom stereocenters. The third kappa shape index (κ3) is 2.77. The fourth-order valence-corrected chi connectivity index (χ4v) is 1.38. The standard InChI is InChI=1S/C11H16N6/c1-4-10-12-5-9(15-10)6-13-11-14-7(2)8(3)16-17-11/h5H,4,6H2,1-3H3,(H,12,15)(H,13,14,17). The molecule has 0 fully saturated rings. The highest BCUT2D eigenvalue weighted by atomic mass is 15.2. The van der Waals surface area contributed by atoms with Crippen LogP contribution in [0.2, 0.25) is 0 Å². The minimum atomic E-state index is 0.542. The molecule has 0 bridgehead atoms. The predicted octanol–water partition coefficient (Wildman–Crippen LogP) is 1.39. The highest BCUT2D eigenvalue weighted by Gasteiger charge is 2.02.